The van der Waals surface area contributed by atoms with Crippen LogP contribution in [-0.2, 0) is 0 Å². The zero-order chi connectivity index (χ0) is 14.1. The maximum atomic E-state index is 4.67. The minimum Gasteiger partial charge on any atom is -0.372 e. The Balaban J connectivity index is 1.86. The molecule has 2 aromatic rings. The lowest BCUT2D eigenvalue weighted by Gasteiger charge is -2.23. The normalized spacial score (nSPS) is 19.6. The Morgan fingerprint density at radius 1 is 1.50 bits per heavy atom. The number of imidazole rings is 1. The monoisotopic (exact) mass is 274 g/mol. The van der Waals surface area contributed by atoms with E-state index in [2.05, 4.69) is 39.2 Å². The second kappa shape index (κ2) is 5.28. The van der Waals surface area contributed by atoms with Crippen LogP contribution >= 0.6 is 0 Å². The van der Waals surface area contributed by atoms with E-state index in [0.29, 0.717) is 5.92 Å². The predicted molar refractivity (Wildman–Crippen MR) is 81.4 cm³/mol. The fourth-order valence-electron chi connectivity index (χ4n) is 2.94. The minimum absolute atomic E-state index is 0.708. The van der Waals surface area contributed by atoms with E-state index in [4.69, 9.17) is 0 Å². The molecule has 1 atom stereocenters. The van der Waals surface area contributed by atoms with E-state index < -0.39 is 0 Å². The summed E-state index contributed by atoms with van der Waals surface area (Å²) in [5, 5.41) is 3.11. The van der Waals surface area contributed by atoms with Crippen LogP contribution in [0.2, 0.25) is 0 Å². The average molecular weight is 274 g/mol. The molecule has 0 spiro atoms. The van der Waals surface area contributed by atoms with Crippen molar-refractivity contribution < 1.29 is 0 Å². The second-order valence-electron chi connectivity index (χ2n) is 5.66. The van der Waals surface area contributed by atoms with Crippen LogP contribution in [-0.4, -0.2) is 60.0 Å². The van der Waals surface area contributed by atoms with Crippen LogP contribution in [0.1, 0.15) is 6.42 Å². The molecule has 0 radical (unpaired) electrons. The van der Waals surface area contributed by atoms with Crippen LogP contribution in [0.3, 0.4) is 0 Å². The van der Waals surface area contributed by atoms with Gasteiger partial charge in [0.25, 0.3) is 0 Å². The van der Waals surface area contributed by atoms with Gasteiger partial charge in [-0.3, -0.25) is 0 Å². The summed E-state index contributed by atoms with van der Waals surface area (Å²) >= 11 is 0. The molecule has 108 valence electrons. The van der Waals surface area contributed by atoms with E-state index in [1.54, 1.807) is 0 Å². The minimum atomic E-state index is 0.708. The molecule has 20 heavy (non-hydrogen) atoms. The molecule has 1 fully saturated rings. The van der Waals surface area contributed by atoms with Gasteiger partial charge in [-0.15, -0.1) is 0 Å². The molecule has 1 unspecified atom stereocenters. The van der Waals surface area contributed by atoms with E-state index in [0.717, 1.165) is 23.8 Å². The van der Waals surface area contributed by atoms with Gasteiger partial charge in [-0.05, 0) is 25.9 Å². The fourth-order valence-corrected chi connectivity index (χ4v) is 2.94. The van der Waals surface area contributed by atoms with Gasteiger partial charge < -0.3 is 19.5 Å². The van der Waals surface area contributed by atoms with Gasteiger partial charge in [0.05, 0.1) is 6.20 Å². The SMILES string of the molecule is CNc1cn2ccnc2c(N(C)CC2CCN(C)C2)n1. The van der Waals surface area contributed by atoms with Crippen LogP contribution in [0, 0.1) is 5.92 Å². The van der Waals surface area contributed by atoms with Crippen LogP contribution < -0.4 is 10.2 Å². The number of rotatable bonds is 4. The van der Waals surface area contributed by atoms with Gasteiger partial charge in [0.15, 0.2) is 11.5 Å². The highest BCUT2D eigenvalue weighted by molar-refractivity contribution is 5.66. The van der Waals surface area contributed by atoms with Crippen molar-refractivity contribution in [1.29, 1.82) is 0 Å². The maximum Gasteiger partial charge on any atom is 0.180 e. The average Bonchev–Trinajstić information content (AvgIpc) is 3.06. The standard InChI is InChI=1S/C14H22N6/c1-15-12-10-20-7-5-16-13(20)14(17-12)19(3)9-11-4-6-18(2)8-11/h5,7,10-11,15H,4,6,8-9H2,1-3H3. The molecular formula is C14H22N6. The fraction of sp³-hybridized carbons (Fsp3) is 0.571. The van der Waals surface area contributed by atoms with Gasteiger partial charge in [0.2, 0.25) is 0 Å². The summed E-state index contributed by atoms with van der Waals surface area (Å²) in [5.41, 5.74) is 0.915. The maximum absolute atomic E-state index is 4.67. The van der Waals surface area contributed by atoms with Crippen LogP contribution in [0.15, 0.2) is 18.6 Å². The Morgan fingerprint density at radius 2 is 2.35 bits per heavy atom. The third-order valence-electron chi connectivity index (χ3n) is 4.00. The molecule has 3 heterocycles. The first kappa shape index (κ1) is 13.2. The Kier molecular flexibility index (Phi) is 3.48. The van der Waals surface area contributed by atoms with Gasteiger partial charge >= 0.3 is 0 Å². The largest absolute Gasteiger partial charge is 0.372 e. The summed E-state index contributed by atoms with van der Waals surface area (Å²) < 4.78 is 2.02. The lowest BCUT2D eigenvalue weighted by Crippen LogP contribution is -2.28. The number of nitrogens with one attached hydrogen (secondary N) is 1. The Labute approximate surface area is 119 Å². The molecule has 0 aromatic carbocycles. The van der Waals surface area contributed by atoms with E-state index in [9.17, 15) is 0 Å². The Morgan fingerprint density at radius 3 is 3.05 bits per heavy atom. The van der Waals surface area contributed by atoms with Crippen molar-refractivity contribution in [2.75, 3.05) is 51.0 Å². The number of nitrogens with zero attached hydrogens (tertiary/aromatic N) is 5. The summed E-state index contributed by atoms with van der Waals surface area (Å²) in [6.45, 7) is 3.38. The van der Waals surface area contributed by atoms with Gasteiger partial charge in [0, 0.05) is 39.6 Å². The van der Waals surface area contributed by atoms with Crippen LogP contribution in [0.4, 0.5) is 11.6 Å². The molecule has 0 bridgehead atoms. The van der Waals surface area contributed by atoms with Crippen molar-refractivity contribution in [2.45, 2.75) is 6.42 Å². The third-order valence-corrected chi connectivity index (χ3v) is 4.00. The molecular weight excluding hydrogens is 252 g/mol. The molecule has 0 amide bonds. The number of hydrogen-bond acceptors (Lipinski definition) is 5. The molecule has 0 saturated carbocycles. The molecule has 6 heteroatoms. The summed E-state index contributed by atoms with van der Waals surface area (Å²) in [4.78, 5) is 13.7. The van der Waals surface area contributed by atoms with Crippen molar-refractivity contribution in [3.05, 3.63) is 18.6 Å². The van der Waals surface area contributed by atoms with Gasteiger partial charge in [-0.25, -0.2) is 9.97 Å². The van der Waals surface area contributed by atoms with E-state index in [1.165, 1.54) is 19.5 Å². The van der Waals surface area contributed by atoms with E-state index in [-0.39, 0.29) is 0 Å². The summed E-state index contributed by atoms with van der Waals surface area (Å²) in [7, 11) is 6.18. The summed E-state index contributed by atoms with van der Waals surface area (Å²) in [5.74, 6) is 2.51. The highest BCUT2D eigenvalue weighted by Gasteiger charge is 2.22. The zero-order valence-electron chi connectivity index (χ0n) is 12.4. The van der Waals surface area contributed by atoms with E-state index in [1.807, 2.05) is 30.0 Å². The summed E-state index contributed by atoms with van der Waals surface area (Å²) in [6.07, 6.45) is 7.00. The topological polar surface area (TPSA) is 48.7 Å². The molecule has 1 saturated heterocycles. The lowest BCUT2D eigenvalue weighted by atomic mass is 10.1. The molecule has 3 rings (SSSR count). The Bertz CT molecular complexity index is 592. The highest BCUT2D eigenvalue weighted by Crippen LogP contribution is 2.22. The summed E-state index contributed by atoms with van der Waals surface area (Å²) in [6, 6.07) is 0. The van der Waals surface area contributed by atoms with Crippen molar-refractivity contribution in [1.82, 2.24) is 19.3 Å². The van der Waals surface area contributed by atoms with Gasteiger partial charge in [0.1, 0.15) is 5.82 Å². The van der Waals surface area contributed by atoms with Crippen molar-refractivity contribution in [3.8, 4) is 0 Å². The molecule has 6 nitrogen and oxygen atoms in total. The zero-order valence-corrected chi connectivity index (χ0v) is 12.4. The first-order valence-electron chi connectivity index (χ1n) is 7.08. The molecule has 0 aliphatic carbocycles. The number of likely N-dealkylation sites (tertiary alicyclic amines) is 1. The number of fused-ring (bicyclic) bond motifs is 1. The second-order valence-corrected chi connectivity index (χ2v) is 5.66. The van der Waals surface area contributed by atoms with E-state index >= 15 is 0 Å². The first-order chi connectivity index (χ1) is 9.67. The van der Waals surface area contributed by atoms with Crippen LogP contribution in [0.5, 0.6) is 0 Å². The number of anilines is 2. The molecule has 1 aliphatic rings. The van der Waals surface area contributed by atoms with Crippen molar-refractivity contribution in [2.24, 2.45) is 5.92 Å². The van der Waals surface area contributed by atoms with Crippen molar-refractivity contribution >= 4 is 17.3 Å². The van der Waals surface area contributed by atoms with Crippen molar-refractivity contribution in [3.63, 3.8) is 0 Å². The highest BCUT2D eigenvalue weighted by atomic mass is 15.2. The van der Waals surface area contributed by atoms with Gasteiger partial charge in [-0.1, -0.05) is 0 Å². The molecule has 2 aromatic heterocycles. The first-order valence-corrected chi connectivity index (χ1v) is 7.08. The predicted octanol–water partition coefficient (Wildman–Crippen LogP) is 1.16. The smallest absolute Gasteiger partial charge is 0.180 e. The Hall–Kier alpha value is -1.82. The van der Waals surface area contributed by atoms with Crippen LogP contribution in [0.25, 0.3) is 5.65 Å². The number of hydrogen-bond donors (Lipinski definition) is 1. The lowest BCUT2D eigenvalue weighted by molar-refractivity contribution is 0.395. The third kappa shape index (κ3) is 2.43. The van der Waals surface area contributed by atoms with Gasteiger partial charge in [-0.2, -0.15) is 0 Å². The quantitative estimate of drug-likeness (QED) is 0.906. The molecule has 1 aliphatic heterocycles. The number of aromatic nitrogens is 3. The molecule has 1 N–H and O–H groups in total.